The van der Waals surface area contributed by atoms with E-state index in [9.17, 15) is 9.59 Å². The predicted molar refractivity (Wildman–Crippen MR) is 67.6 cm³/mol. The lowest BCUT2D eigenvalue weighted by Crippen LogP contribution is -2.21. The predicted octanol–water partition coefficient (Wildman–Crippen LogP) is 0.699. The third-order valence-corrected chi connectivity index (χ3v) is 3.62. The molecule has 0 aliphatic rings. The summed E-state index contributed by atoms with van der Waals surface area (Å²) in [5.41, 5.74) is 0.185. The standard InChI is InChI=1S/C11H8N4O3S/c16-10(17)8-2-1-7(19-8)6-15-11(18)14-4-3-12-5-9(14)13-15/h1-5H,6H2,(H,16,17). The molecule has 0 fully saturated rings. The second kappa shape index (κ2) is 4.32. The largest absolute Gasteiger partial charge is 0.477 e. The number of aromatic carboxylic acids is 1. The fourth-order valence-electron chi connectivity index (χ4n) is 1.71. The molecule has 0 unspecified atom stereocenters. The van der Waals surface area contributed by atoms with Gasteiger partial charge in [-0.15, -0.1) is 16.4 Å². The van der Waals surface area contributed by atoms with Crippen molar-refractivity contribution in [2.75, 3.05) is 0 Å². The molecule has 0 bridgehead atoms. The summed E-state index contributed by atoms with van der Waals surface area (Å²) in [5.74, 6) is -0.970. The molecule has 1 N–H and O–H groups in total. The van der Waals surface area contributed by atoms with Gasteiger partial charge in [0, 0.05) is 17.3 Å². The number of hydrogen-bond acceptors (Lipinski definition) is 5. The van der Waals surface area contributed by atoms with Crippen LogP contribution < -0.4 is 5.69 Å². The molecule has 19 heavy (non-hydrogen) atoms. The summed E-state index contributed by atoms with van der Waals surface area (Å²) in [4.78, 5) is 27.7. The van der Waals surface area contributed by atoms with E-state index < -0.39 is 5.97 Å². The van der Waals surface area contributed by atoms with Gasteiger partial charge in [-0.3, -0.25) is 4.98 Å². The molecule has 0 aliphatic carbocycles. The Morgan fingerprint density at radius 2 is 2.26 bits per heavy atom. The lowest BCUT2D eigenvalue weighted by Gasteiger charge is -1.94. The highest BCUT2D eigenvalue weighted by molar-refractivity contribution is 7.13. The van der Waals surface area contributed by atoms with Crippen molar-refractivity contribution in [1.29, 1.82) is 0 Å². The molecule has 0 saturated carbocycles. The maximum atomic E-state index is 12.0. The second-order valence-electron chi connectivity index (χ2n) is 3.82. The molecule has 0 aliphatic heterocycles. The minimum atomic E-state index is -0.970. The average Bonchev–Trinajstić information content (AvgIpc) is 2.97. The summed E-state index contributed by atoms with van der Waals surface area (Å²) in [5, 5.41) is 13.0. The molecule has 8 heteroatoms. The fraction of sp³-hybridized carbons (Fsp3) is 0.0909. The van der Waals surface area contributed by atoms with Crippen molar-refractivity contribution in [2.24, 2.45) is 0 Å². The maximum Gasteiger partial charge on any atom is 0.350 e. The first-order valence-corrected chi connectivity index (χ1v) is 6.18. The van der Waals surface area contributed by atoms with Crippen LogP contribution in [-0.2, 0) is 6.54 Å². The van der Waals surface area contributed by atoms with Gasteiger partial charge < -0.3 is 5.11 Å². The number of aromatic nitrogens is 4. The van der Waals surface area contributed by atoms with E-state index in [1.165, 1.54) is 33.7 Å². The highest BCUT2D eigenvalue weighted by Gasteiger charge is 2.10. The molecule has 3 aromatic heterocycles. The third-order valence-electron chi connectivity index (χ3n) is 2.57. The Kier molecular flexibility index (Phi) is 2.64. The smallest absolute Gasteiger partial charge is 0.350 e. The Bertz CT molecular complexity index is 817. The van der Waals surface area contributed by atoms with Crippen LogP contribution in [0.3, 0.4) is 0 Å². The van der Waals surface area contributed by atoms with E-state index >= 15 is 0 Å². The first kappa shape index (κ1) is 11.6. The van der Waals surface area contributed by atoms with Gasteiger partial charge in [0.2, 0.25) is 0 Å². The number of fused-ring (bicyclic) bond motifs is 1. The molecule has 7 nitrogen and oxygen atoms in total. The van der Waals surface area contributed by atoms with Gasteiger partial charge in [0.1, 0.15) is 4.88 Å². The lowest BCUT2D eigenvalue weighted by molar-refractivity contribution is 0.0702. The Morgan fingerprint density at radius 1 is 1.42 bits per heavy atom. The maximum absolute atomic E-state index is 12.0. The average molecular weight is 276 g/mol. The van der Waals surface area contributed by atoms with Crippen molar-refractivity contribution in [3.63, 3.8) is 0 Å². The SMILES string of the molecule is O=C(O)c1ccc(Cn2nc3cnccn3c2=O)s1. The van der Waals surface area contributed by atoms with E-state index in [2.05, 4.69) is 10.1 Å². The highest BCUT2D eigenvalue weighted by Crippen LogP contribution is 2.16. The molecular formula is C11H8N4O3S. The van der Waals surface area contributed by atoms with Gasteiger partial charge in [-0.1, -0.05) is 0 Å². The monoisotopic (exact) mass is 276 g/mol. The number of thiophene rings is 1. The molecule has 0 radical (unpaired) electrons. The van der Waals surface area contributed by atoms with E-state index in [4.69, 9.17) is 5.11 Å². The minimum Gasteiger partial charge on any atom is -0.477 e. The molecule has 0 saturated heterocycles. The van der Waals surface area contributed by atoms with Crippen LogP contribution in [-0.4, -0.2) is 30.2 Å². The van der Waals surface area contributed by atoms with Gasteiger partial charge in [-0.05, 0) is 12.1 Å². The van der Waals surface area contributed by atoms with Gasteiger partial charge in [-0.2, -0.15) is 0 Å². The van der Waals surface area contributed by atoms with E-state index in [0.717, 1.165) is 16.2 Å². The first-order chi connectivity index (χ1) is 9.15. The van der Waals surface area contributed by atoms with Crippen molar-refractivity contribution in [1.82, 2.24) is 19.2 Å². The van der Waals surface area contributed by atoms with Crippen molar-refractivity contribution in [3.8, 4) is 0 Å². The Morgan fingerprint density at radius 3 is 2.95 bits per heavy atom. The summed E-state index contributed by atoms with van der Waals surface area (Å²) in [7, 11) is 0. The van der Waals surface area contributed by atoms with Crippen molar-refractivity contribution >= 4 is 23.0 Å². The summed E-state index contributed by atoms with van der Waals surface area (Å²) in [6.07, 6.45) is 4.54. The Balaban J connectivity index is 1.98. The molecule has 3 rings (SSSR count). The van der Waals surface area contributed by atoms with Crippen molar-refractivity contribution in [3.05, 3.63) is 51.0 Å². The van der Waals surface area contributed by atoms with E-state index in [1.54, 1.807) is 6.07 Å². The quantitative estimate of drug-likeness (QED) is 0.760. The van der Waals surface area contributed by atoms with Gasteiger partial charge >= 0.3 is 11.7 Å². The van der Waals surface area contributed by atoms with Crippen LogP contribution in [0.5, 0.6) is 0 Å². The molecule has 0 atom stereocenters. The number of nitrogens with zero attached hydrogens (tertiary/aromatic N) is 4. The van der Waals surface area contributed by atoms with Crippen molar-refractivity contribution in [2.45, 2.75) is 6.54 Å². The second-order valence-corrected chi connectivity index (χ2v) is 4.98. The summed E-state index contributed by atoms with van der Waals surface area (Å²) in [6, 6.07) is 3.20. The van der Waals surface area contributed by atoms with Crippen LogP contribution in [0.2, 0.25) is 0 Å². The molecule has 0 amide bonds. The van der Waals surface area contributed by atoms with Crippen LogP contribution in [0.1, 0.15) is 14.5 Å². The highest BCUT2D eigenvalue weighted by atomic mass is 32.1. The van der Waals surface area contributed by atoms with Crippen LogP contribution in [0.15, 0.2) is 35.5 Å². The number of carbonyl (C=O) groups is 1. The number of carboxylic acid groups (broad SMARTS) is 1. The molecule has 3 heterocycles. The van der Waals surface area contributed by atoms with Gasteiger partial charge in [-0.25, -0.2) is 18.7 Å². The Hall–Kier alpha value is -2.48. The van der Waals surface area contributed by atoms with Crippen LogP contribution in [0.25, 0.3) is 5.65 Å². The normalized spacial score (nSPS) is 10.9. The van der Waals surface area contributed by atoms with Gasteiger partial charge in [0.15, 0.2) is 5.65 Å². The number of carboxylic acids is 1. The van der Waals surface area contributed by atoms with E-state index in [-0.39, 0.29) is 17.1 Å². The van der Waals surface area contributed by atoms with Crippen molar-refractivity contribution < 1.29 is 9.90 Å². The zero-order chi connectivity index (χ0) is 13.4. The van der Waals surface area contributed by atoms with Crippen LogP contribution in [0.4, 0.5) is 0 Å². The minimum absolute atomic E-state index is 0.244. The molecule has 3 aromatic rings. The molecular weight excluding hydrogens is 268 g/mol. The fourth-order valence-corrected chi connectivity index (χ4v) is 2.54. The van der Waals surface area contributed by atoms with Crippen LogP contribution in [0, 0.1) is 0 Å². The first-order valence-electron chi connectivity index (χ1n) is 5.36. The molecule has 0 spiro atoms. The molecule has 96 valence electrons. The lowest BCUT2D eigenvalue weighted by atomic mass is 10.4. The number of rotatable bonds is 3. The third kappa shape index (κ3) is 2.02. The van der Waals surface area contributed by atoms with E-state index in [1.807, 2.05) is 0 Å². The molecule has 0 aromatic carbocycles. The van der Waals surface area contributed by atoms with Gasteiger partial charge in [0.25, 0.3) is 0 Å². The summed E-state index contributed by atoms with van der Waals surface area (Å²) < 4.78 is 2.67. The van der Waals surface area contributed by atoms with Gasteiger partial charge in [0.05, 0.1) is 12.7 Å². The zero-order valence-corrected chi connectivity index (χ0v) is 10.4. The number of hydrogen-bond donors (Lipinski definition) is 1. The zero-order valence-electron chi connectivity index (χ0n) is 9.55. The van der Waals surface area contributed by atoms with Crippen LogP contribution >= 0.6 is 11.3 Å². The summed E-state index contributed by atoms with van der Waals surface area (Å²) >= 11 is 1.13. The topological polar surface area (TPSA) is 89.5 Å². The van der Waals surface area contributed by atoms with E-state index in [0.29, 0.717) is 5.65 Å². The Labute approximate surface area is 110 Å². The summed E-state index contributed by atoms with van der Waals surface area (Å²) in [6.45, 7) is 0.248.